The Morgan fingerprint density at radius 3 is 2.27 bits per heavy atom. The minimum atomic E-state index is -0.605. The van der Waals surface area contributed by atoms with E-state index in [1.165, 1.54) is 6.07 Å². The molecule has 7 heteroatoms. The number of pyridine rings is 1. The van der Waals surface area contributed by atoms with Crippen molar-refractivity contribution in [1.29, 1.82) is 0 Å². The average molecular weight is 309 g/mol. The van der Waals surface area contributed by atoms with Gasteiger partial charge in [0.05, 0.1) is 30.1 Å². The van der Waals surface area contributed by atoms with Crippen LogP contribution in [0.3, 0.4) is 0 Å². The molecule has 3 heterocycles. The Labute approximate surface area is 130 Å². The van der Waals surface area contributed by atoms with Crippen molar-refractivity contribution >= 4 is 12.6 Å². The van der Waals surface area contributed by atoms with Crippen molar-refractivity contribution in [2.45, 2.75) is 44.8 Å². The third-order valence-electron chi connectivity index (χ3n) is 4.58. The lowest BCUT2D eigenvalue weighted by Gasteiger charge is -2.32. The van der Waals surface area contributed by atoms with Crippen LogP contribution < -0.4 is 5.46 Å². The van der Waals surface area contributed by atoms with Crippen molar-refractivity contribution in [3.8, 4) is 0 Å². The van der Waals surface area contributed by atoms with Crippen LogP contribution in [0.2, 0.25) is 0 Å². The summed E-state index contributed by atoms with van der Waals surface area (Å²) in [5.41, 5.74) is 0.305. The van der Waals surface area contributed by atoms with Crippen LogP contribution in [0.1, 0.15) is 39.3 Å². The highest BCUT2D eigenvalue weighted by Crippen LogP contribution is 2.36. The largest absolute Gasteiger partial charge is 0.495 e. The van der Waals surface area contributed by atoms with E-state index in [4.69, 9.17) is 18.8 Å². The van der Waals surface area contributed by atoms with E-state index in [0.717, 1.165) is 0 Å². The summed E-state index contributed by atoms with van der Waals surface area (Å²) in [5, 5.41) is 0. The van der Waals surface area contributed by atoms with Crippen molar-refractivity contribution in [1.82, 2.24) is 4.98 Å². The van der Waals surface area contributed by atoms with Crippen molar-refractivity contribution in [2.75, 3.05) is 20.0 Å². The smallest absolute Gasteiger partial charge is 0.399 e. The highest BCUT2D eigenvalue weighted by Gasteiger charge is 2.52. The van der Waals surface area contributed by atoms with Gasteiger partial charge in [-0.3, -0.25) is 0 Å². The maximum Gasteiger partial charge on any atom is 0.495 e. The molecule has 1 aromatic heterocycles. The minimum Gasteiger partial charge on any atom is -0.399 e. The quantitative estimate of drug-likeness (QED) is 0.613. The molecular weight excluding hydrogens is 288 g/mol. The second-order valence-electron chi connectivity index (χ2n) is 6.79. The second-order valence-corrected chi connectivity index (χ2v) is 6.79. The molecule has 0 radical (unpaired) electrons. The number of hydrogen-bond acceptors (Lipinski definition) is 5. The molecule has 0 aromatic carbocycles. The molecule has 120 valence electrons. The maximum atomic E-state index is 13.9. The predicted molar refractivity (Wildman–Crippen MR) is 79.4 cm³/mol. The van der Waals surface area contributed by atoms with Crippen LogP contribution in [0.25, 0.3) is 0 Å². The molecular formula is C15H21BFNO4. The third kappa shape index (κ3) is 2.90. The summed E-state index contributed by atoms with van der Waals surface area (Å²) >= 11 is 0. The Kier molecular flexibility index (Phi) is 4.01. The third-order valence-corrected chi connectivity index (χ3v) is 4.58. The fraction of sp³-hybridized carbons (Fsp3) is 0.667. The van der Waals surface area contributed by atoms with Crippen molar-refractivity contribution < 1.29 is 23.2 Å². The lowest BCUT2D eigenvalue weighted by molar-refractivity contribution is -0.108. The number of ether oxygens (including phenoxy) is 2. The van der Waals surface area contributed by atoms with E-state index in [1.54, 1.807) is 0 Å². The highest BCUT2D eigenvalue weighted by atomic mass is 19.1. The molecule has 22 heavy (non-hydrogen) atoms. The Hall–Kier alpha value is -1.02. The molecule has 0 atom stereocenters. The number of rotatable bonds is 2. The molecule has 0 aliphatic carbocycles. The van der Waals surface area contributed by atoms with E-state index in [-0.39, 0.29) is 12.7 Å². The summed E-state index contributed by atoms with van der Waals surface area (Å²) in [6.07, 6.45) is 0. The molecule has 2 aliphatic heterocycles. The first-order valence-corrected chi connectivity index (χ1v) is 7.47. The van der Waals surface area contributed by atoms with Crippen LogP contribution in [0, 0.1) is 5.95 Å². The van der Waals surface area contributed by atoms with Gasteiger partial charge in [-0.05, 0) is 45.3 Å². The van der Waals surface area contributed by atoms with Gasteiger partial charge in [-0.1, -0.05) is 0 Å². The summed E-state index contributed by atoms with van der Waals surface area (Å²) < 4.78 is 36.4. The lowest BCUT2D eigenvalue weighted by atomic mass is 9.78. The predicted octanol–water partition coefficient (Wildman–Crippen LogP) is 1.61. The van der Waals surface area contributed by atoms with Gasteiger partial charge in [-0.25, -0.2) is 4.98 Å². The number of aromatic nitrogens is 1. The highest BCUT2D eigenvalue weighted by molar-refractivity contribution is 6.62. The molecule has 2 fully saturated rings. The SMILES string of the molecule is CC1(C)OB(c2cc(F)nc(C3COCOC3)c2)OC1(C)C. The van der Waals surface area contributed by atoms with Crippen molar-refractivity contribution in [3.05, 3.63) is 23.8 Å². The standard InChI is InChI=1S/C15H21BFNO4/c1-14(2)15(3,4)22-16(21-14)11-5-12(18-13(17)6-11)10-7-19-9-20-8-10/h5-6,10H,7-9H2,1-4H3. The van der Waals surface area contributed by atoms with E-state index in [0.29, 0.717) is 24.4 Å². The van der Waals surface area contributed by atoms with Gasteiger partial charge < -0.3 is 18.8 Å². The van der Waals surface area contributed by atoms with Crippen LogP contribution in [-0.4, -0.2) is 43.3 Å². The molecule has 0 saturated carbocycles. The van der Waals surface area contributed by atoms with Gasteiger partial charge in [0, 0.05) is 5.92 Å². The van der Waals surface area contributed by atoms with E-state index in [9.17, 15) is 4.39 Å². The van der Waals surface area contributed by atoms with Gasteiger partial charge in [0.2, 0.25) is 5.95 Å². The van der Waals surface area contributed by atoms with E-state index in [1.807, 2.05) is 33.8 Å². The van der Waals surface area contributed by atoms with Crippen LogP contribution >= 0.6 is 0 Å². The van der Waals surface area contributed by atoms with Gasteiger partial charge in [0.25, 0.3) is 0 Å². The fourth-order valence-corrected chi connectivity index (χ4v) is 2.52. The molecule has 1 aromatic rings. The van der Waals surface area contributed by atoms with Gasteiger partial charge in [-0.2, -0.15) is 4.39 Å². The molecule has 0 bridgehead atoms. The lowest BCUT2D eigenvalue weighted by Crippen LogP contribution is -2.41. The number of halogens is 1. The van der Waals surface area contributed by atoms with Crippen LogP contribution in [-0.2, 0) is 18.8 Å². The Morgan fingerprint density at radius 2 is 1.68 bits per heavy atom. The molecule has 0 amide bonds. The van der Waals surface area contributed by atoms with Gasteiger partial charge in [0.1, 0.15) is 6.79 Å². The zero-order valence-electron chi connectivity index (χ0n) is 13.4. The Morgan fingerprint density at radius 1 is 1.09 bits per heavy atom. The van der Waals surface area contributed by atoms with Crippen LogP contribution in [0.15, 0.2) is 12.1 Å². The molecule has 2 aliphatic rings. The molecule has 0 unspecified atom stereocenters. The van der Waals surface area contributed by atoms with E-state index >= 15 is 0 Å². The summed E-state index contributed by atoms with van der Waals surface area (Å²) in [5.74, 6) is -0.626. The van der Waals surface area contributed by atoms with E-state index < -0.39 is 24.3 Å². The first-order chi connectivity index (χ1) is 10.3. The zero-order valence-corrected chi connectivity index (χ0v) is 13.4. The molecule has 0 spiro atoms. The normalized spacial score (nSPS) is 24.7. The topological polar surface area (TPSA) is 49.8 Å². The molecule has 0 N–H and O–H groups in total. The summed E-state index contributed by atoms with van der Waals surface area (Å²) in [6.45, 7) is 9.08. The number of nitrogens with zero attached hydrogens (tertiary/aromatic N) is 1. The fourth-order valence-electron chi connectivity index (χ4n) is 2.52. The van der Waals surface area contributed by atoms with Crippen LogP contribution in [0.4, 0.5) is 4.39 Å². The van der Waals surface area contributed by atoms with Gasteiger partial charge in [0.15, 0.2) is 0 Å². The number of hydrogen-bond donors (Lipinski definition) is 0. The first-order valence-electron chi connectivity index (χ1n) is 7.47. The Balaban J connectivity index is 1.87. The summed E-state index contributed by atoms with van der Waals surface area (Å²) in [4.78, 5) is 3.96. The maximum absolute atomic E-state index is 13.9. The minimum absolute atomic E-state index is 0.0781. The van der Waals surface area contributed by atoms with Gasteiger partial charge >= 0.3 is 7.12 Å². The zero-order chi connectivity index (χ0) is 16.0. The van der Waals surface area contributed by atoms with Crippen molar-refractivity contribution in [2.24, 2.45) is 0 Å². The van der Waals surface area contributed by atoms with E-state index in [2.05, 4.69) is 4.98 Å². The first kappa shape index (κ1) is 15.9. The average Bonchev–Trinajstić information content (AvgIpc) is 2.68. The summed E-state index contributed by atoms with van der Waals surface area (Å²) in [7, 11) is -0.605. The molecule has 2 saturated heterocycles. The molecule has 5 nitrogen and oxygen atoms in total. The van der Waals surface area contributed by atoms with Gasteiger partial charge in [-0.15, -0.1) is 0 Å². The second kappa shape index (κ2) is 5.56. The molecule has 3 rings (SSSR count). The van der Waals surface area contributed by atoms with Crippen LogP contribution in [0.5, 0.6) is 0 Å². The Bertz CT molecular complexity index is 544. The van der Waals surface area contributed by atoms with Crippen molar-refractivity contribution in [3.63, 3.8) is 0 Å². The summed E-state index contributed by atoms with van der Waals surface area (Å²) in [6, 6.07) is 3.17. The monoisotopic (exact) mass is 309 g/mol.